The molecule has 2 fully saturated rings. The number of ketones is 1. The van der Waals surface area contributed by atoms with Crippen LogP contribution in [0.4, 0.5) is 0 Å². The molecule has 32 heavy (non-hydrogen) atoms. The van der Waals surface area contributed by atoms with Crippen molar-refractivity contribution in [1.29, 1.82) is 0 Å². The number of carbonyl (C=O) groups is 2. The predicted molar refractivity (Wildman–Crippen MR) is 127 cm³/mol. The maximum atomic E-state index is 12.5. The number of allylic oxidation sites excluding steroid dienone is 2. The number of hydrogen-bond donors (Lipinski definition) is 1. The average Bonchev–Trinajstić information content (AvgIpc) is 3.13. The summed E-state index contributed by atoms with van der Waals surface area (Å²) in [5, 5.41) is 8.66. The van der Waals surface area contributed by atoms with Gasteiger partial charge >= 0.3 is 5.97 Å². The molecule has 1 saturated heterocycles. The summed E-state index contributed by atoms with van der Waals surface area (Å²) in [5.74, 6) is 0.471. The van der Waals surface area contributed by atoms with Crippen molar-refractivity contribution in [3.8, 4) is 0 Å². The smallest absolute Gasteiger partial charge is 0.327 e. The summed E-state index contributed by atoms with van der Waals surface area (Å²) in [6, 6.07) is 0. The van der Waals surface area contributed by atoms with Gasteiger partial charge in [-0.15, -0.1) is 0 Å². The minimum Gasteiger partial charge on any atom is -0.478 e. The van der Waals surface area contributed by atoms with E-state index in [1.165, 1.54) is 25.3 Å². The number of unbranched alkanes of at least 4 members (excludes halogenated alkanes) is 3. The van der Waals surface area contributed by atoms with Crippen LogP contribution in [-0.2, 0) is 19.1 Å². The highest BCUT2D eigenvalue weighted by Gasteiger charge is 2.32. The van der Waals surface area contributed by atoms with E-state index in [2.05, 4.69) is 26.0 Å². The lowest BCUT2D eigenvalue weighted by atomic mass is 9.89. The largest absolute Gasteiger partial charge is 0.478 e. The summed E-state index contributed by atoms with van der Waals surface area (Å²) in [7, 11) is 0. The Kier molecular flexibility index (Phi) is 12.9. The van der Waals surface area contributed by atoms with Gasteiger partial charge in [-0.25, -0.2) is 4.79 Å². The highest BCUT2D eigenvalue weighted by molar-refractivity contribution is 5.83. The lowest BCUT2D eigenvalue weighted by Crippen LogP contribution is -2.28. The Morgan fingerprint density at radius 2 is 2.09 bits per heavy atom. The second-order valence-electron chi connectivity index (χ2n) is 9.64. The van der Waals surface area contributed by atoms with Gasteiger partial charge in [0.1, 0.15) is 5.78 Å². The number of carboxylic acids is 1. The number of ether oxygens (including phenoxy) is 2. The first-order valence-corrected chi connectivity index (χ1v) is 12.9. The molecule has 1 N–H and O–H groups in total. The number of hydrogen-bond acceptors (Lipinski definition) is 4. The van der Waals surface area contributed by atoms with Crippen LogP contribution in [0, 0.1) is 17.8 Å². The highest BCUT2D eigenvalue weighted by Crippen LogP contribution is 2.34. The molecule has 0 aromatic rings. The van der Waals surface area contributed by atoms with E-state index in [4.69, 9.17) is 14.6 Å². The Bertz CT molecular complexity index is 605. The molecule has 0 aromatic heterocycles. The fourth-order valence-corrected chi connectivity index (χ4v) is 4.88. The van der Waals surface area contributed by atoms with Crippen molar-refractivity contribution in [3.05, 3.63) is 24.3 Å². The second-order valence-corrected chi connectivity index (χ2v) is 9.64. The molecule has 1 aliphatic carbocycles. The van der Waals surface area contributed by atoms with Gasteiger partial charge in [0.2, 0.25) is 0 Å². The van der Waals surface area contributed by atoms with Crippen molar-refractivity contribution >= 4 is 11.8 Å². The zero-order valence-corrected chi connectivity index (χ0v) is 20.2. The van der Waals surface area contributed by atoms with E-state index in [0.717, 1.165) is 64.4 Å². The van der Waals surface area contributed by atoms with Gasteiger partial charge < -0.3 is 14.6 Å². The Morgan fingerprint density at radius 1 is 1.25 bits per heavy atom. The molecule has 1 unspecified atom stereocenters. The topological polar surface area (TPSA) is 72.8 Å². The molecule has 1 aliphatic heterocycles. The van der Waals surface area contributed by atoms with Gasteiger partial charge in [-0.3, -0.25) is 4.79 Å². The van der Waals surface area contributed by atoms with Crippen LogP contribution in [-0.4, -0.2) is 35.9 Å². The zero-order chi connectivity index (χ0) is 23.2. The summed E-state index contributed by atoms with van der Waals surface area (Å²) >= 11 is 0. The standard InChI is InChI=1S/C27H44O5/c1-3-4-11-21(2)20-23(32-27-14-9-10-19-31-27)17-15-22-16-18-25(28)24(22)12-7-5-6-8-13-26(29)30/h8,13,15,17,21-24,27H,3-7,9-12,14,16,18-20H2,1-2H3,(H,29,30)/b13-8+,17-15+/t21-,22-,23+,24+,27?/m0/s1. The van der Waals surface area contributed by atoms with Crippen molar-refractivity contribution in [3.63, 3.8) is 0 Å². The number of rotatable bonds is 15. The molecule has 0 amide bonds. The lowest BCUT2D eigenvalue weighted by Gasteiger charge is -2.28. The molecule has 0 spiro atoms. The number of aliphatic carboxylic acids is 1. The van der Waals surface area contributed by atoms with Crippen molar-refractivity contribution in [1.82, 2.24) is 0 Å². The molecule has 182 valence electrons. The van der Waals surface area contributed by atoms with E-state index < -0.39 is 5.97 Å². The lowest BCUT2D eigenvalue weighted by molar-refractivity contribution is -0.181. The van der Waals surface area contributed by atoms with Crippen molar-refractivity contribution in [2.45, 2.75) is 110 Å². The second kappa shape index (κ2) is 15.4. The van der Waals surface area contributed by atoms with E-state index in [9.17, 15) is 9.59 Å². The Hall–Kier alpha value is -1.46. The van der Waals surface area contributed by atoms with Crippen LogP contribution < -0.4 is 0 Å². The van der Waals surface area contributed by atoms with E-state index >= 15 is 0 Å². The quantitative estimate of drug-likeness (QED) is 0.177. The van der Waals surface area contributed by atoms with Crippen LogP contribution in [0.15, 0.2) is 24.3 Å². The molecule has 2 rings (SSSR count). The van der Waals surface area contributed by atoms with Gasteiger partial charge in [-0.2, -0.15) is 0 Å². The zero-order valence-electron chi connectivity index (χ0n) is 20.2. The normalized spacial score (nSPS) is 26.2. The van der Waals surface area contributed by atoms with Gasteiger partial charge in [0.15, 0.2) is 6.29 Å². The summed E-state index contributed by atoms with van der Waals surface area (Å²) in [6.07, 6.45) is 20.3. The summed E-state index contributed by atoms with van der Waals surface area (Å²) in [6.45, 7) is 5.33. The third-order valence-electron chi connectivity index (χ3n) is 6.77. The highest BCUT2D eigenvalue weighted by atomic mass is 16.7. The van der Waals surface area contributed by atoms with Crippen LogP contribution >= 0.6 is 0 Å². The first kappa shape index (κ1) is 26.8. The SMILES string of the molecule is CCCC[C@H](C)C[C@@H](/C=C/[C@H]1CCC(=O)[C@@H]1CCCC/C=C/C(=O)O)OC1CCCCO1. The molecule has 0 bridgehead atoms. The van der Waals surface area contributed by atoms with E-state index in [1.54, 1.807) is 6.08 Å². The predicted octanol–water partition coefficient (Wildman–Crippen LogP) is 6.47. The van der Waals surface area contributed by atoms with E-state index in [0.29, 0.717) is 24.0 Å². The summed E-state index contributed by atoms with van der Waals surface area (Å²) < 4.78 is 12.2. The molecule has 1 heterocycles. The molecule has 2 aliphatic rings. The van der Waals surface area contributed by atoms with Crippen LogP contribution in [0.2, 0.25) is 0 Å². The molecule has 5 nitrogen and oxygen atoms in total. The van der Waals surface area contributed by atoms with Gasteiger partial charge in [-0.05, 0) is 63.2 Å². The van der Waals surface area contributed by atoms with Crippen molar-refractivity contribution in [2.75, 3.05) is 6.61 Å². The fraction of sp³-hybridized carbons (Fsp3) is 0.778. The van der Waals surface area contributed by atoms with Crippen LogP contribution in [0.25, 0.3) is 0 Å². The Morgan fingerprint density at radius 3 is 2.81 bits per heavy atom. The number of carboxylic acid groups (broad SMARTS) is 1. The third kappa shape index (κ3) is 10.4. The van der Waals surface area contributed by atoms with Crippen molar-refractivity contribution in [2.24, 2.45) is 17.8 Å². The van der Waals surface area contributed by atoms with Gasteiger partial charge in [0, 0.05) is 25.0 Å². The van der Waals surface area contributed by atoms with E-state index in [1.807, 2.05) is 0 Å². The number of Topliss-reactive ketones (excluding diaryl/α,β-unsaturated/α-hetero) is 1. The minimum atomic E-state index is -0.902. The van der Waals surface area contributed by atoms with Crippen LogP contribution in [0.5, 0.6) is 0 Å². The average molecular weight is 449 g/mol. The summed E-state index contributed by atoms with van der Waals surface area (Å²) in [4.78, 5) is 23.0. The third-order valence-corrected chi connectivity index (χ3v) is 6.77. The first-order valence-electron chi connectivity index (χ1n) is 12.9. The maximum absolute atomic E-state index is 12.5. The molecular weight excluding hydrogens is 404 g/mol. The molecule has 0 aromatic carbocycles. The molecule has 5 atom stereocenters. The molecule has 0 radical (unpaired) electrons. The monoisotopic (exact) mass is 448 g/mol. The Balaban J connectivity index is 1.89. The van der Waals surface area contributed by atoms with Crippen LogP contribution in [0.1, 0.15) is 97.3 Å². The van der Waals surface area contributed by atoms with Gasteiger partial charge in [0.25, 0.3) is 0 Å². The molecule has 1 saturated carbocycles. The fourth-order valence-electron chi connectivity index (χ4n) is 4.88. The summed E-state index contributed by atoms with van der Waals surface area (Å²) in [5.41, 5.74) is 0. The molecular formula is C27H44O5. The minimum absolute atomic E-state index is 0.0439. The maximum Gasteiger partial charge on any atom is 0.327 e. The van der Waals surface area contributed by atoms with Crippen LogP contribution in [0.3, 0.4) is 0 Å². The van der Waals surface area contributed by atoms with E-state index in [-0.39, 0.29) is 18.3 Å². The number of carbonyl (C=O) groups excluding carboxylic acids is 1. The first-order chi connectivity index (χ1) is 15.5. The Labute approximate surface area is 194 Å². The van der Waals surface area contributed by atoms with Gasteiger partial charge in [-0.1, -0.05) is 57.8 Å². The van der Waals surface area contributed by atoms with Crippen molar-refractivity contribution < 1.29 is 24.2 Å². The molecule has 5 heteroatoms. The van der Waals surface area contributed by atoms with Gasteiger partial charge in [0.05, 0.1) is 6.10 Å².